The first-order valence-electron chi connectivity index (χ1n) is 9.33. The van der Waals surface area contributed by atoms with E-state index in [2.05, 4.69) is 30.6 Å². The van der Waals surface area contributed by atoms with Crippen molar-refractivity contribution in [2.24, 2.45) is 0 Å². The van der Waals surface area contributed by atoms with Crippen molar-refractivity contribution in [3.8, 4) is 10.6 Å². The van der Waals surface area contributed by atoms with Crippen molar-refractivity contribution in [1.29, 1.82) is 0 Å². The molecule has 0 spiro atoms. The highest BCUT2D eigenvalue weighted by Crippen LogP contribution is 2.26. The Labute approximate surface area is 167 Å². The van der Waals surface area contributed by atoms with Crippen LogP contribution in [0.15, 0.2) is 28.7 Å². The standard InChI is InChI=1S/C19H22N6O2S/c1-12-21-23-17(27-12)11-25-9-4-3-8-16(25)18(26)20-15-7-5-6-14(10-15)19-24-22-13(2)28-19/h5-7,10,16H,3-4,8-9,11H2,1-2H3,(H,20,26)/t16-/m0/s1. The van der Waals surface area contributed by atoms with Crippen molar-refractivity contribution in [2.45, 2.75) is 45.7 Å². The summed E-state index contributed by atoms with van der Waals surface area (Å²) < 4.78 is 5.49. The minimum atomic E-state index is -0.214. The van der Waals surface area contributed by atoms with E-state index in [0.29, 0.717) is 18.3 Å². The highest BCUT2D eigenvalue weighted by Gasteiger charge is 2.30. The van der Waals surface area contributed by atoms with Crippen molar-refractivity contribution >= 4 is 22.9 Å². The van der Waals surface area contributed by atoms with Gasteiger partial charge in [-0.2, -0.15) is 0 Å². The third kappa shape index (κ3) is 4.26. The zero-order valence-corrected chi connectivity index (χ0v) is 16.7. The van der Waals surface area contributed by atoms with Gasteiger partial charge >= 0.3 is 0 Å². The zero-order chi connectivity index (χ0) is 19.5. The Balaban J connectivity index is 1.47. The maximum atomic E-state index is 13.0. The number of rotatable bonds is 5. The summed E-state index contributed by atoms with van der Waals surface area (Å²) in [6, 6.07) is 7.51. The lowest BCUT2D eigenvalue weighted by molar-refractivity contribution is -0.122. The minimum Gasteiger partial charge on any atom is -0.424 e. The number of likely N-dealkylation sites (tertiary alicyclic amines) is 1. The van der Waals surface area contributed by atoms with Gasteiger partial charge in [0.25, 0.3) is 0 Å². The number of piperidine rings is 1. The van der Waals surface area contributed by atoms with Gasteiger partial charge in [0.2, 0.25) is 17.7 Å². The smallest absolute Gasteiger partial charge is 0.241 e. The SMILES string of the molecule is Cc1nnc(CN2CCCC[C@H]2C(=O)Nc2cccc(-c3nnc(C)s3)c2)o1. The van der Waals surface area contributed by atoms with Gasteiger partial charge in [-0.3, -0.25) is 9.69 Å². The van der Waals surface area contributed by atoms with Gasteiger partial charge in [0.15, 0.2) is 0 Å². The summed E-state index contributed by atoms with van der Waals surface area (Å²) >= 11 is 1.53. The van der Waals surface area contributed by atoms with Crippen LogP contribution < -0.4 is 5.32 Å². The Bertz CT molecular complexity index is 969. The fourth-order valence-corrected chi connectivity index (χ4v) is 4.11. The first-order chi connectivity index (χ1) is 13.6. The normalized spacial score (nSPS) is 17.6. The Morgan fingerprint density at radius 1 is 1.25 bits per heavy atom. The number of benzene rings is 1. The summed E-state index contributed by atoms with van der Waals surface area (Å²) in [4.78, 5) is 15.1. The summed E-state index contributed by atoms with van der Waals surface area (Å²) in [5.74, 6) is 1.07. The van der Waals surface area contributed by atoms with E-state index in [9.17, 15) is 4.79 Å². The molecular weight excluding hydrogens is 376 g/mol. The van der Waals surface area contributed by atoms with Gasteiger partial charge in [0.1, 0.15) is 10.0 Å². The van der Waals surface area contributed by atoms with Crippen molar-refractivity contribution in [3.63, 3.8) is 0 Å². The largest absolute Gasteiger partial charge is 0.424 e. The molecule has 0 saturated carbocycles. The van der Waals surface area contributed by atoms with Crippen LogP contribution in [0.25, 0.3) is 10.6 Å². The van der Waals surface area contributed by atoms with Crippen LogP contribution in [-0.4, -0.2) is 43.8 Å². The molecule has 1 aromatic carbocycles. The number of anilines is 1. The fourth-order valence-electron chi connectivity index (χ4n) is 3.42. The molecule has 28 heavy (non-hydrogen) atoms. The molecule has 1 N–H and O–H groups in total. The maximum absolute atomic E-state index is 13.0. The molecule has 3 heterocycles. The molecule has 2 aromatic heterocycles. The van der Waals surface area contributed by atoms with Crippen LogP contribution in [0.1, 0.15) is 36.1 Å². The zero-order valence-electron chi connectivity index (χ0n) is 15.9. The molecule has 0 aliphatic carbocycles. The van der Waals surface area contributed by atoms with E-state index in [1.54, 1.807) is 6.92 Å². The molecule has 0 unspecified atom stereocenters. The molecular formula is C19H22N6O2S. The van der Waals surface area contributed by atoms with Gasteiger partial charge in [0.05, 0.1) is 12.6 Å². The highest BCUT2D eigenvalue weighted by atomic mass is 32.1. The van der Waals surface area contributed by atoms with Gasteiger partial charge in [-0.05, 0) is 38.4 Å². The lowest BCUT2D eigenvalue weighted by Crippen LogP contribution is -2.46. The number of hydrogen-bond acceptors (Lipinski definition) is 8. The lowest BCUT2D eigenvalue weighted by atomic mass is 10.0. The lowest BCUT2D eigenvalue weighted by Gasteiger charge is -2.33. The van der Waals surface area contributed by atoms with E-state index < -0.39 is 0 Å². The Morgan fingerprint density at radius 3 is 2.89 bits per heavy atom. The van der Waals surface area contributed by atoms with Crippen molar-refractivity contribution in [1.82, 2.24) is 25.3 Å². The van der Waals surface area contributed by atoms with Crippen molar-refractivity contribution < 1.29 is 9.21 Å². The second-order valence-corrected chi connectivity index (χ2v) is 8.07. The van der Waals surface area contributed by atoms with Crippen LogP contribution in [0.2, 0.25) is 0 Å². The topological polar surface area (TPSA) is 97.0 Å². The first kappa shape index (κ1) is 18.7. The molecule has 1 aliphatic rings. The quantitative estimate of drug-likeness (QED) is 0.705. The summed E-state index contributed by atoms with van der Waals surface area (Å²) in [5, 5.41) is 21.0. The van der Waals surface area contributed by atoms with Crippen molar-refractivity contribution in [3.05, 3.63) is 41.1 Å². The molecule has 1 atom stereocenters. The van der Waals surface area contributed by atoms with Gasteiger partial charge in [-0.25, -0.2) is 0 Å². The molecule has 8 nitrogen and oxygen atoms in total. The number of aryl methyl sites for hydroxylation is 2. The summed E-state index contributed by atoms with van der Waals surface area (Å²) in [6.07, 6.45) is 2.90. The van der Waals surface area contributed by atoms with Gasteiger partial charge in [-0.1, -0.05) is 29.9 Å². The third-order valence-corrected chi connectivity index (χ3v) is 5.61. The number of carbonyl (C=O) groups excluding carboxylic acids is 1. The number of nitrogens with one attached hydrogen (secondary N) is 1. The molecule has 1 aliphatic heterocycles. The summed E-state index contributed by atoms with van der Waals surface area (Å²) in [6.45, 7) is 5.02. The Kier molecular flexibility index (Phi) is 5.45. The second-order valence-electron chi connectivity index (χ2n) is 6.89. The van der Waals surface area contributed by atoms with E-state index in [1.807, 2.05) is 31.2 Å². The number of aromatic nitrogens is 4. The van der Waals surface area contributed by atoms with E-state index in [4.69, 9.17) is 4.42 Å². The minimum absolute atomic E-state index is 0.0125. The van der Waals surface area contributed by atoms with Crippen molar-refractivity contribution in [2.75, 3.05) is 11.9 Å². The maximum Gasteiger partial charge on any atom is 0.241 e. The second kappa shape index (κ2) is 8.15. The molecule has 4 rings (SSSR count). The molecule has 1 fully saturated rings. The molecule has 9 heteroatoms. The summed E-state index contributed by atoms with van der Waals surface area (Å²) in [5.41, 5.74) is 1.71. The van der Waals surface area contributed by atoms with Crippen LogP contribution in [0.3, 0.4) is 0 Å². The molecule has 0 radical (unpaired) electrons. The monoisotopic (exact) mass is 398 g/mol. The Hall–Kier alpha value is -2.65. The van der Waals surface area contributed by atoms with Crippen LogP contribution in [0, 0.1) is 13.8 Å². The molecule has 0 bridgehead atoms. The average molecular weight is 398 g/mol. The van der Waals surface area contributed by atoms with Gasteiger partial charge in [-0.15, -0.1) is 20.4 Å². The van der Waals surface area contributed by atoms with E-state index in [1.165, 1.54) is 11.3 Å². The van der Waals surface area contributed by atoms with E-state index >= 15 is 0 Å². The fraction of sp³-hybridized carbons (Fsp3) is 0.421. The van der Waals surface area contributed by atoms with Crippen LogP contribution in [0.4, 0.5) is 5.69 Å². The first-order valence-corrected chi connectivity index (χ1v) is 10.1. The predicted molar refractivity (Wildman–Crippen MR) is 106 cm³/mol. The molecule has 146 valence electrons. The number of carbonyl (C=O) groups is 1. The predicted octanol–water partition coefficient (Wildman–Crippen LogP) is 3.20. The molecule has 1 saturated heterocycles. The highest BCUT2D eigenvalue weighted by molar-refractivity contribution is 7.14. The Morgan fingerprint density at radius 2 is 2.14 bits per heavy atom. The average Bonchev–Trinajstić information content (AvgIpc) is 3.30. The van der Waals surface area contributed by atoms with E-state index in [0.717, 1.165) is 47.1 Å². The van der Waals surface area contributed by atoms with E-state index in [-0.39, 0.29) is 11.9 Å². The number of hydrogen-bond donors (Lipinski definition) is 1. The van der Waals surface area contributed by atoms with Crippen LogP contribution in [-0.2, 0) is 11.3 Å². The van der Waals surface area contributed by atoms with Gasteiger partial charge in [0, 0.05) is 18.2 Å². The molecule has 3 aromatic rings. The third-order valence-electron chi connectivity index (χ3n) is 4.73. The summed E-state index contributed by atoms with van der Waals surface area (Å²) in [7, 11) is 0. The number of amides is 1. The molecule has 1 amide bonds. The van der Waals surface area contributed by atoms with Crippen LogP contribution >= 0.6 is 11.3 Å². The van der Waals surface area contributed by atoms with Gasteiger partial charge < -0.3 is 9.73 Å². The number of nitrogens with zero attached hydrogens (tertiary/aromatic N) is 5. The van der Waals surface area contributed by atoms with Crippen LogP contribution in [0.5, 0.6) is 0 Å².